The molecule has 0 heterocycles. The number of nitrogens with one attached hydrogen (secondary N) is 2. The summed E-state index contributed by atoms with van der Waals surface area (Å²) in [6.45, 7) is 3.71. The van der Waals surface area contributed by atoms with Crippen LogP contribution < -0.4 is 10.6 Å². The van der Waals surface area contributed by atoms with Crippen LogP contribution in [0.5, 0.6) is 0 Å². The van der Waals surface area contributed by atoms with Crippen molar-refractivity contribution >= 4 is 16.7 Å². The molecule has 1 aliphatic rings. The number of amides is 1. The van der Waals surface area contributed by atoms with Crippen molar-refractivity contribution in [1.82, 2.24) is 10.6 Å². The van der Waals surface area contributed by atoms with Crippen molar-refractivity contribution in [3.63, 3.8) is 0 Å². The Bertz CT molecular complexity index is 229. The molecule has 0 aromatic heterocycles. The van der Waals surface area contributed by atoms with E-state index in [1.807, 2.05) is 6.92 Å². The largest absolute Gasteiger partial charge is 0.355 e. The van der Waals surface area contributed by atoms with E-state index in [1.54, 1.807) is 0 Å². The van der Waals surface area contributed by atoms with Gasteiger partial charge in [-0.25, -0.2) is 0 Å². The maximum absolute atomic E-state index is 11.2. The first-order valence-corrected chi connectivity index (χ1v) is 7.03. The molecular formula is C10H20N2O2S. The fraction of sp³-hybridized carbons (Fsp3) is 0.900. The van der Waals surface area contributed by atoms with Crippen LogP contribution in [0.1, 0.15) is 19.8 Å². The Morgan fingerprint density at radius 2 is 2.20 bits per heavy atom. The Hall–Kier alpha value is -0.420. The number of carbonyl (C=O) groups is 1. The maximum atomic E-state index is 11.2. The van der Waals surface area contributed by atoms with E-state index in [0.717, 1.165) is 12.5 Å². The number of hydrogen-bond donors (Lipinski definition) is 2. The number of rotatable bonds is 8. The van der Waals surface area contributed by atoms with E-state index in [9.17, 15) is 9.00 Å². The third-order valence-electron chi connectivity index (χ3n) is 2.40. The van der Waals surface area contributed by atoms with E-state index in [0.29, 0.717) is 24.6 Å². The van der Waals surface area contributed by atoms with Gasteiger partial charge in [-0.3, -0.25) is 9.00 Å². The summed E-state index contributed by atoms with van der Waals surface area (Å²) in [5, 5.41) is 5.86. The quantitative estimate of drug-likeness (QED) is 0.573. The second kappa shape index (κ2) is 6.95. The molecule has 0 saturated heterocycles. The van der Waals surface area contributed by atoms with E-state index in [1.165, 1.54) is 12.8 Å². The van der Waals surface area contributed by atoms with E-state index < -0.39 is 10.8 Å². The molecule has 1 atom stereocenters. The molecule has 15 heavy (non-hydrogen) atoms. The third kappa shape index (κ3) is 6.62. The van der Waals surface area contributed by atoms with Gasteiger partial charge in [-0.1, -0.05) is 6.92 Å². The molecule has 1 fully saturated rings. The SMILES string of the molecule is CCS(=O)CCNCC(=O)NCC1CC1. The van der Waals surface area contributed by atoms with Gasteiger partial charge in [-0.15, -0.1) is 0 Å². The van der Waals surface area contributed by atoms with Gasteiger partial charge in [0.15, 0.2) is 0 Å². The van der Waals surface area contributed by atoms with Crippen molar-refractivity contribution in [3.05, 3.63) is 0 Å². The molecule has 2 N–H and O–H groups in total. The molecule has 0 aromatic rings. The molecule has 1 saturated carbocycles. The van der Waals surface area contributed by atoms with Crippen LogP contribution in [0, 0.1) is 5.92 Å². The van der Waals surface area contributed by atoms with Gasteiger partial charge < -0.3 is 10.6 Å². The van der Waals surface area contributed by atoms with Crippen LogP contribution in [0.15, 0.2) is 0 Å². The summed E-state index contributed by atoms with van der Waals surface area (Å²) in [5.41, 5.74) is 0. The van der Waals surface area contributed by atoms with Gasteiger partial charge in [0.1, 0.15) is 0 Å². The Morgan fingerprint density at radius 3 is 2.80 bits per heavy atom. The minimum Gasteiger partial charge on any atom is -0.355 e. The Morgan fingerprint density at radius 1 is 1.47 bits per heavy atom. The normalized spacial score (nSPS) is 17.4. The Kier molecular flexibility index (Phi) is 5.86. The van der Waals surface area contributed by atoms with Crippen molar-refractivity contribution in [2.45, 2.75) is 19.8 Å². The van der Waals surface area contributed by atoms with Gasteiger partial charge in [-0.05, 0) is 18.8 Å². The molecule has 1 rings (SSSR count). The van der Waals surface area contributed by atoms with Gasteiger partial charge in [-0.2, -0.15) is 0 Å². The van der Waals surface area contributed by atoms with Gasteiger partial charge in [0, 0.05) is 35.4 Å². The molecular weight excluding hydrogens is 212 g/mol. The molecule has 1 unspecified atom stereocenters. The Labute approximate surface area is 93.7 Å². The molecule has 88 valence electrons. The summed E-state index contributed by atoms with van der Waals surface area (Å²) < 4.78 is 11.1. The molecule has 0 aliphatic heterocycles. The van der Waals surface area contributed by atoms with Crippen LogP contribution in [-0.2, 0) is 15.6 Å². The highest BCUT2D eigenvalue weighted by atomic mass is 32.2. The molecule has 5 heteroatoms. The highest BCUT2D eigenvalue weighted by Gasteiger charge is 2.21. The van der Waals surface area contributed by atoms with E-state index in [-0.39, 0.29) is 5.91 Å². The lowest BCUT2D eigenvalue weighted by Gasteiger charge is -2.05. The second-order valence-corrected chi connectivity index (χ2v) is 5.72. The van der Waals surface area contributed by atoms with Crippen LogP contribution in [-0.4, -0.2) is 41.3 Å². The lowest BCUT2D eigenvalue weighted by atomic mass is 10.4. The first kappa shape index (κ1) is 12.6. The highest BCUT2D eigenvalue weighted by molar-refractivity contribution is 7.84. The second-order valence-electron chi connectivity index (χ2n) is 3.86. The topological polar surface area (TPSA) is 58.2 Å². The summed E-state index contributed by atoms with van der Waals surface area (Å²) in [7, 11) is -0.737. The fourth-order valence-electron chi connectivity index (χ4n) is 1.17. The molecule has 4 nitrogen and oxygen atoms in total. The van der Waals surface area contributed by atoms with Crippen molar-refractivity contribution in [3.8, 4) is 0 Å². The minimum atomic E-state index is -0.737. The van der Waals surface area contributed by atoms with Crippen molar-refractivity contribution in [1.29, 1.82) is 0 Å². The van der Waals surface area contributed by atoms with Crippen LogP contribution in [0.4, 0.5) is 0 Å². The number of hydrogen-bond acceptors (Lipinski definition) is 3. The van der Waals surface area contributed by atoms with Crippen molar-refractivity contribution in [2.24, 2.45) is 5.92 Å². The summed E-state index contributed by atoms with van der Waals surface area (Å²) in [4.78, 5) is 11.2. The third-order valence-corrected chi connectivity index (χ3v) is 3.70. The monoisotopic (exact) mass is 232 g/mol. The van der Waals surface area contributed by atoms with E-state index in [4.69, 9.17) is 0 Å². The smallest absolute Gasteiger partial charge is 0.233 e. The van der Waals surface area contributed by atoms with Crippen LogP contribution in [0.3, 0.4) is 0 Å². The van der Waals surface area contributed by atoms with Crippen LogP contribution in [0.2, 0.25) is 0 Å². The molecule has 0 radical (unpaired) electrons. The highest BCUT2D eigenvalue weighted by Crippen LogP contribution is 2.27. The predicted molar refractivity (Wildman–Crippen MR) is 62.2 cm³/mol. The van der Waals surface area contributed by atoms with E-state index >= 15 is 0 Å². The fourth-order valence-corrected chi connectivity index (χ4v) is 1.84. The van der Waals surface area contributed by atoms with Gasteiger partial charge in [0.2, 0.25) is 5.91 Å². The summed E-state index contributed by atoms with van der Waals surface area (Å²) in [6.07, 6.45) is 2.51. The lowest BCUT2D eigenvalue weighted by Crippen LogP contribution is -2.36. The van der Waals surface area contributed by atoms with Crippen LogP contribution >= 0.6 is 0 Å². The van der Waals surface area contributed by atoms with E-state index in [2.05, 4.69) is 10.6 Å². The first-order chi connectivity index (χ1) is 7.22. The molecule has 1 aliphatic carbocycles. The summed E-state index contributed by atoms with van der Waals surface area (Å²) in [5.74, 6) is 2.09. The Balaban J connectivity index is 1.89. The van der Waals surface area contributed by atoms with Crippen molar-refractivity contribution < 1.29 is 9.00 Å². The van der Waals surface area contributed by atoms with Crippen molar-refractivity contribution in [2.75, 3.05) is 31.1 Å². The molecule has 0 spiro atoms. The van der Waals surface area contributed by atoms with Gasteiger partial charge in [0.25, 0.3) is 0 Å². The average Bonchev–Trinajstić information content (AvgIpc) is 3.04. The summed E-state index contributed by atoms with van der Waals surface area (Å²) >= 11 is 0. The zero-order valence-corrected chi connectivity index (χ0v) is 10.1. The average molecular weight is 232 g/mol. The first-order valence-electron chi connectivity index (χ1n) is 5.54. The van der Waals surface area contributed by atoms with Crippen LogP contribution in [0.25, 0.3) is 0 Å². The van der Waals surface area contributed by atoms with Gasteiger partial charge >= 0.3 is 0 Å². The number of carbonyl (C=O) groups excluding carboxylic acids is 1. The standard InChI is InChI=1S/C10H20N2O2S/c1-2-15(14)6-5-11-8-10(13)12-7-9-3-4-9/h9,11H,2-8H2,1H3,(H,12,13). The lowest BCUT2D eigenvalue weighted by molar-refractivity contribution is -0.120. The molecule has 1 amide bonds. The predicted octanol–water partition coefficient (Wildman–Crippen LogP) is -0.129. The molecule has 0 bridgehead atoms. The minimum absolute atomic E-state index is 0.0455. The van der Waals surface area contributed by atoms with Gasteiger partial charge in [0.05, 0.1) is 6.54 Å². The summed E-state index contributed by atoms with van der Waals surface area (Å²) in [6, 6.07) is 0. The zero-order valence-electron chi connectivity index (χ0n) is 9.25. The molecule has 0 aromatic carbocycles. The zero-order chi connectivity index (χ0) is 11.1. The maximum Gasteiger partial charge on any atom is 0.233 e.